The van der Waals surface area contributed by atoms with Crippen LogP contribution in [0.2, 0.25) is 5.02 Å². The molecule has 130 valence electrons. The molecule has 0 aliphatic rings. The third kappa shape index (κ3) is 4.98. The lowest BCUT2D eigenvalue weighted by Crippen LogP contribution is -2.17. The summed E-state index contributed by atoms with van der Waals surface area (Å²) in [5.41, 5.74) is 6.29. The van der Waals surface area contributed by atoms with Gasteiger partial charge in [0.15, 0.2) is 0 Å². The highest BCUT2D eigenvalue weighted by Crippen LogP contribution is 2.32. The van der Waals surface area contributed by atoms with Crippen molar-refractivity contribution >= 4 is 29.7 Å². The Labute approximate surface area is 145 Å². The topological polar surface area (TPSA) is 78.4 Å². The minimum Gasteiger partial charge on any atom is -0.406 e. The molecule has 0 saturated heterocycles. The number of nitro groups is 1. The molecular weight excluding hydrogens is 372 g/mol. The molecule has 2 rings (SSSR count). The zero-order valence-electron chi connectivity index (χ0n) is 11.8. The van der Waals surface area contributed by atoms with Gasteiger partial charge in [0.05, 0.1) is 16.5 Å². The highest BCUT2D eigenvalue weighted by Gasteiger charge is 2.31. The van der Waals surface area contributed by atoms with Gasteiger partial charge in [-0.3, -0.25) is 10.1 Å². The highest BCUT2D eigenvalue weighted by atomic mass is 35.5. The number of alkyl halides is 3. The van der Waals surface area contributed by atoms with E-state index in [1.165, 1.54) is 30.3 Å². The first kappa shape index (κ1) is 20.0. The summed E-state index contributed by atoms with van der Waals surface area (Å²) < 4.78 is 40.1. The number of halogens is 5. The van der Waals surface area contributed by atoms with Gasteiger partial charge < -0.3 is 10.5 Å². The van der Waals surface area contributed by atoms with Crippen molar-refractivity contribution in [2.24, 2.45) is 5.73 Å². The fourth-order valence-corrected chi connectivity index (χ4v) is 2.18. The van der Waals surface area contributed by atoms with Crippen LogP contribution in [0.15, 0.2) is 42.5 Å². The Morgan fingerprint density at radius 3 is 2.25 bits per heavy atom. The van der Waals surface area contributed by atoms with Crippen LogP contribution in [0, 0.1) is 10.1 Å². The molecule has 0 bridgehead atoms. The van der Waals surface area contributed by atoms with Crippen LogP contribution in [0.1, 0.15) is 17.2 Å². The summed E-state index contributed by atoms with van der Waals surface area (Å²) in [6.45, 7) is 0. The third-order valence-electron chi connectivity index (χ3n) is 2.99. The smallest absolute Gasteiger partial charge is 0.406 e. The summed E-state index contributed by atoms with van der Waals surface area (Å²) in [5.74, 6) is -0.408. The maximum Gasteiger partial charge on any atom is 0.573 e. The van der Waals surface area contributed by atoms with Crippen molar-refractivity contribution in [2.45, 2.75) is 12.4 Å². The Kier molecular flexibility index (Phi) is 6.42. The number of nitrogens with zero attached hydrogens (tertiary/aromatic N) is 1. The van der Waals surface area contributed by atoms with E-state index in [0.29, 0.717) is 5.56 Å². The first-order valence-electron chi connectivity index (χ1n) is 6.22. The largest absolute Gasteiger partial charge is 0.573 e. The van der Waals surface area contributed by atoms with E-state index in [-0.39, 0.29) is 28.7 Å². The summed E-state index contributed by atoms with van der Waals surface area (Å²) in [5, 5.41) is 11.3. The van der Waals surface area contributed by atoms with Gasteiger partial charge in [0, 0.05) is 11.1 Å². The molecule has 10 heteroatoms. The summed E-state index contributed by atoms with van der Waals surface area (Å²) in [6, 6.07) is 7.78. The molecule has 0 heterocycles. The molecule has 0 unspecified atom stereocenters. The van der Waals surface area contributed by atoms with E-state index in [2.05, 4.69) is 4.74 Å². The molecule has 0 radical (unpaired) electrons. The van der Waals surface area contributed by atoms with Gasteiger partial charge in [-0.15, -0.1) is 25.6 Å². The van der Waals surface area contributed by atoms with Gasteiger partial charge in [0.1, 0.15) is 5.75 Å². The quantitative estimate of drug-likeness (QED) is 0.618. The highest BCUT2D eigenvalue weighted by molar-refractivity contribution is 6.30. The molecule has 2 N–H and O–H groups in total. The second kappa shape index (κ2) is 7.69. The first-order valence-corrected chi connectivity index (χ1v) is 6.60. The average molecular weight is 383 g/mol. The molecule has 0 aliphatic carbocycles. The minimum atomic E-state index is -4.80. The fourth-order valence-electron chi connectivity index (χ4n) is 2.00. The molecule has 1 atom stereocenters. The molecule has 24 heavy (non-hydrogen) atoms. The van der Waals surface area contributed by atoms with Crippen LogP contribution in [-0.4, -0.2) is 11.3 Å². The van der Waals surface area contributed by atoms with E-state index >= 15 is 0 Å². The van der Waals surface area contributed by atoms with Gasteiger partial charge in [-0.05, 0) is 29.8 Å². The molecule has 0 aliphatic heterocycles. The Bertz CT molecular complexity index is 724. The van der Waals surface area contributed by atoms with Crippen molar-refractivity contribution < 1.29 is 22.8 Å². The predicted molar refractivity (Wildman–Crippen MR) is 84.5 cm³/mol. The van der Waals surface area contributed by atoms with Crippen molar-refractivity contribution in [1.29, 1.82) is 0 Å². The lowest BCUT2D eigenvalue weighted by Gasteiger charge is -2.14. The van der Waals surface area contributed by atoms with E-state index in [1.54, 1.807) is 0 Å². The average Bonchev–Trinajstić information content (AvgIpc) is 2.45. The van der Waals surface area contributed by atoms with E-state index in [0.717, 1.165) is 12.1 Å². The Morgan fingerprint density at radius 2 is 1.75 bits per heavy atom. The monoisotopic (exact) mass is 382 g/mol. The molecule has 0 saturated carbocycles. The normalized spacial score (nSPS) is 12.2. The van der Waals surface area contributed by atoms with Gasteiger partial charge in [-0.2, -0.15) is 0 Å². The van der Waals surface area contributed by atoms with Crippen molar-refractivity contribution in [2.75, 3.05) is 0 Å². The number of nitro benzene ring substituents is 1. The predicted octanol–water partition coefficient (Wildman–Crippen LogP) is 4.62. The lowest BCUT2D eigenvalue weighted by atomic mass is 9.98. The van der Waals surface area contributed by atoms with Crippen LogP contribution in [0.4, 0.5) is 18.9 Å². The zero-order chi connectivity index (χ0) is 17.2. The third-order valence-corrected chi connectivity index (χ3v) is 3.23. The summed E-state index contributed by atoms with van der Waals surface area (Å²) in [6.07, 6.45) is -4.80. The van der Waals surface area contributed by atoms with Crippen molar-refractivity contribution in [3.8, 4) is 5.75 Å². The van der Waals surface area contributed by atoms with Crippen LogP contribution in [0.5, 0.6) is 5.75 Å². The summed E-state index contributed by atoms with van der Waals surface area (Å²) in [7, 11) is 0. The molecule has 2 aromatic rings. The Morgan fingerprint density at radius 1 is 1.17 bits per heavy atom. The maximum absolute atomic E-state index is 12.1. The molecule has 0 amide bonds. The second-order valence-electron chi connectivity index (χ2n) is 4.55. The second-order valence-corrected chi connectivity index (χ2v) is 4.99. The van der Waals surface area contributed by atoms with Crippen LogP contribution in [-0.2, 0) is 0 Å². The number of benzene rings is 2. The van der Waals surface area contributed by atoms with Gasteiger partial charge >= 0.3 is 6.36 Å². The van der Waals surface area contributed by atoms with Crippen molar-refractivity contribution in [3.05, 3.63) is 68.7 Å². The van der Waals surface area contributed by atoms with Gasteiger partial charge in [-0.25, -0.2) is 0 Å². The summed E-state index contributed by atoms with van der Waals surface area (Å²) in [4.78, 5) is 10.4. The first-order chi connectivity index (χ1) is 10.7. The maximum atomic E-state index is 12.1. The number of rotatable bonds is 4. The SMILES string of the molecule is Cl.N[C@H](c1ccc(OC(F)(F)F)cc1)c1cc(Cl)ccc1[N+](=O)[O-]. The van der Waals surface area contributed by atoms with E-state index in [1.807, 2.05) is 0 Å². The van der Waals surface area contributed by atoms with Gasteiger partial charge in [0.25, 0.3) is 5.69 Å². The number of ether oxygens (including phenoxy) is 1. The van der Waals surface area contributed by atoms with Crippen molar-refractivity contribution in [1.82, 2.24) is 0 Å². The standard InChI is InChI=1S/C14H10ClF3N2O3.ClH/c15-9-3-6-12(20(21)22)11(7-9)13(19)8-1-4-10(5-2-8)23-14(16,17)18;/h1-7,13H,19H2;1H/t13-;/m1./s1. The van der Waals surface area contributed by atoms with E-state index < -0.39 is 23.1 Å². The van der Waals surface area contributed by atoms with E-state index in [4.69, 9.17) is 17.3 Å². The van der Waals surface area contributed by atoms with Crippen molar-refractivity contribution in [3.63, 3.8) is 0 Å². The zero-order valence-corrected chi connectivity index (χ0v) is 13.4. The fraction of sp³-hybridized carbons (Fsp3) is 0.143. The van der Waals surface area contributed by atoms with Gasteiger partial charge in [0.2, 0.25) is 0 Å². The lowest BCUT2D eigenvalue weighted by molar-refractivity contribution is -0.385. The molecular formula is C14H11Cl2F3N2O3. The Hall–Kier alpha value is -2.03. The number of hydrogen-bond donors (Lipinski definition) is 1. The Balaban J connectivity index is 0.00000288. The van der Waals surface area contributed by atoms with Crippen LogP contribution in [0.3, 0.4) is 0 Å². The van der Waals surface area contributed by atoms with E-state index in [9.17, 15) is 23.3 Å². The summed E-state index contributed by atoms with van der Waals surface area (Å²) >= 11 is 5.83. The van der Waals surface area contributed by atoms with Gasteiger partial charge in [-0.1, -0.05) is 23.7 Å². The van der Waals surface area contributed by atoms with Crippen LogP contribution >= 0.6 is 24.0 Å². The molecule has 0 fully saturated rings. The molecule has 2 aromatic carbocycles. The molecule has 5 nitrogen and oxygen atoms in total. The molecule has 0 spiro atoms. The molecule has 0 aromatic heterocycles. The number of hydrogen-bond acceptors (Lipinski definition) is 4. The van der Waals surface area contributed by atoms with Crippen LogP contribution < -0.4 is 10.5 Å². The number of nitrogens with two attached hydrogens (primary N) is 1. The van der Waals surface area contributed by atoms with Crippen LogP contribution in [0.25, 0.3) is 0 Å². The minimum absolute atomic E-state index is 0.